The van der Waals surface area contributed by atoms with E-state index in [1.807, 2.05) is 6.92 Å². The Morgan fingerprint density at radius 2 is 1.95 bits per heavy atom. The molecular weight excluding hydrogens is 515 g/mol. The lowest BCUT2D eigenvalue weighted by molar-refractivity contribution is -0.132. The Balaban J connectivity index is 1.66. The highest BCUT2D eigenvalue weighted by Crippen LogP contribution is 2.45. The van der Waals surface area contributed by atoms with Crippen LogP contribution in [0.2, 0.25) is 5.02 Å². The van der Waals surface area contributed by atoms with Gasteiger partial charge in [0.2, 0.25) is 0 Å². The second kappa shape index (κ2) is 10.3. The van der Waals surface area contributed by atoms with Gasteiger partial charge in [0.05, 0.1) is 22.4 Å². The van der Waals surface area contributed by atoms with E-state index in [2.05, 4.69) is 4.98 Å². The number of ketones is 1. The van der Waals surface area contributed by atoms with Gasteiger partial charge in [-0.3, -0.25) is 14.5 Å². The minimum Gasteiger partial charge on any atom is -0.507 e. The van der Waals surface area contributed by atoms with Crippen molar-refractivity contribution in [3.63, 3.8) is 0 Å². The normalized spacial score (nSPS) is 17.1. The number of fused-ring (bicyclic) bond motifs is 1. The van der Waals surface area contributed by atoms with Gasteiger partial charge in [-0.25, -0.2) is 9.37 Å². The van der Waals surface area contributed by atoms with E-state index in [0.29, 0.717) is 27.6 Å². The number of hydrogen-bond donors (Lipinski definition) is 1. The maximum absolute atomic E-state index is 15.1. The van der Waals surface area contributed by atoms with Crippen molar-refractivity contribution in [2.45, 2.75) is 25.8 Å². The summed E-state index contributed by atoms with van der Waals surface area (Å²) in [4.78, 5) is 32.4. The Labute approximate surface area is 221 Å². The quantitative estimate of drug-likeness (QED) is 0.120. The number of carbonyl (C=O) groups excluding carboxylic acids is 2. The lowest BCUT2D eigenvalue weighted by atomic mass is 9.95. The Morgan fingerprint density at radius 1 is 1.14 bits per heavy atom. The summed E-state index contributed by atoms with van der Waals surface area (Å²) in [5, 5.41) is 12.0. The molecule has 1 N–H and O–H groups in total. The highest BCUT2D eigenvalue weighted by atomic mass is 35.5. The molecule has 1 unspecified atom stereocenters. The highest BCUT2D eigenvalue weighted by Gasteiger charge is 2.49. The Kier molecular flexibility index (Phi) is 6.95. The zero-order valence-electron chi connectivity index (χ0n) is 19.8. The van der Waals surface area contributed by atoms with Gasteiger partial charge in [0.15, 0.2) is 5.13 Å². The molecule has 0 bridgehead atoms. The zero-order valence-corrected chi connectivity index (χ0v) is 21.4. The van der Waals surface area contributed by atoms with Crippen LogP contribution in [0.15, 0.2) is 72.3 Å². The Hall–Kier alpha value is -3.75. The molecule has 6 nitrogen and oxygen atoms in total. The smallest absolute Gasteiger partial charge is 0.301 e. The summed E-state index contributed by atoms with van der Waals surface area (Å²) in [6, 6.07) is 16.3. The minimum absolute atomic E-state index is 0.0656. The van der Waals surface area contributed by atoms with E-state index in [0.717, 1.165) is 29.1 Å². The number of ether oxygens (including phenoxy) is 1. The molecule has 9 heteroatoms. The fraction of sp³-hybridized carbons (Fsp3) is 0.179. The molecule has 1 saturated heterocycles. The number of unbranched alkanes of at least 4 members (excludes halogenated alkanes) is 1. The number of aromatic nitrogens is 1. The van der Waals surface area contributed by atoms with Gasteiger partial charge in [0, 0.05) is 16.1 Å². The monoisotopic (exact) mass is 536 g/mol. The van der Waals surface area contributed by atoms with Gasteiger partial charge in [-0.15, -0.1) is 0 Å². The molecule has 0 aliphatic carbocycles. The first kappa shape index (κ1) is 24.9. The molecule has 1 fully saturated rings. The van der Waals surface area contributed by atoms with Gasteiger partial charge in [0.1, 0.15) is 23.4 Å². The maximum Gasteiger partial charge on any atom is 0.301 e. The van der Waals surface area contributed by atoms with Crippen molar-refractivity contribution in [2.75, 3.05) is 11.5 Å². The first-order valence-corrected chi connectivity index (χ1v) is 12.9. The number of Topliss-reactive ketones (excluding diaryl/α,β-unsaturated/α-hetero) is 1. The first-order chi connectivity index (χ1) is 17.9. The fourth-order valence-electron chi connectivity index (χ4n) is 4.23. The third-order valence-corrected chi connectivity index (χ3v) is 7.32. The molecule has 0 radical (unpaired) electrons. The van der Waals surface area contributed by atoms with Crippen molar-refractivity contribution < 1.29 is 23.8 Å². The average molecular weight is 537 g/mol. The van der Waals surface area contributed by atoms with Gasteiger partial charge in [-0.2, -0.15) is 0 Å². The molecule has 1 amide bonds. The number of rotatable bonds is 7. The number of hydrogen-bond acceptors (Lipinski definition) is 6. The second-order valence-electron chi connectivity index (χ2n) is 8.53. The summed E-state index contributed by atoms with van der Waals surface area (Å²) < 4.78 is 21.5. The van der Waals surface area contributed by atoms with Crippen molar-refractivity contribution in [2.24, 2.45) is 0 Å². The van der Waals surface area contributed by atoms with Crippen molar-refractivity contribution in [1.29, 1.82) is 0 Å². The number of benzene rings is 3. The highest BCUT2D eigenvalue weighted by molar-refractivity contribution is 7.22. The maximum atomic E-state index is 15.1. The van der Waals surface area contributed by atoms with E-state index in [9.17, 15) is 14.7 Å². The molecule has 0 spiro atoms. The van der Waals surface area contributed by atoms with Crippen LogP contribution in [-0.2, 0) is 9.59 Å². The molecule has 2 heterocycles. The number of aliphatic hydroxyl groups is 1. The summed E-state index contributed by atoms with van der Waals surface area (Å²) >= 11 is 7.27. The van der Waals surface area contributed by atoms with Crippen LogP contribution in [0.4, 0.5) is 9.52 Å². The van der Waals surface area contributed by atoms with Crippen molar-refractivity contribution >= 4 is 55.7 Å². The summed E-state index contributed by atoms with van der Waals surface area (Å²) in [6.07, 6.45) is 1.83. The van der Waals surface area contributed by atoms with Crippen molar-refractivity contribution in [3.05, 3.63) is 94.3 Å². The molecular formula is C28H22ClFN2O4S. The number of thiazole rings is 1. The van der Waals surface area contributed by atoms with Crippen LogP contribution in [0.3, 0.4) is 0 Å². The van der Waals surface area contributed by atoms with Crippen LogP contribution in [0, 0.1) is 5.82 Å². The standard InChI is InChI=1S/C28H22ClFN2O4S/c1-2-3-13-36-18-8-6-7-16(14-18)25(33)23-24(19-9-4-5-10-20(19)30)32(27(35)26(23)34)28-31-21-12-11-17(29)15-22(21)37-28/h4-12,14-15,24,33H,2-3,13H2,1H3. The van der Waals surface area contributed by atoms with E-state index in [1.165, 1.54) is 18.2 Å². The largest absolute Gasteiger partial charge is 0.507 e. The molecule has 1 atom stereocenters. The van der Waals surface area contributed by atoms with E-state index < -0.39 is 29.3 Å². The average Bonchev–Trinajstić information content (AvgIpc) is 3.42. The molecule has 188 valence electrons. The lowest BCUT2D eigenvalue weighted by Crippen LogP contribution is -2.29. The van der Waals surface area contributed by atoms with Gasteiger partial charge in [-0.1, -0.05) is 66.6 Å². The third-order valence-electron chi connectivity index (χ3n) is 6.06. The number of amides is 1. The molecule has 3 aromatic carbocycles. The third kappa shape index (κ3) is 4.70. The SMILES string of the molecule is CCCCOc1cccc(C(O)=C2C(=O)C(=O)N(c3nc4ccc(Cl)cc4s3)C2c2ccccc2F)c1. The van der Waals surface area contributed by atoms with E-state index in [-0.39, 0.29) is 21.8 Å². The van der Waals surface area contributed by atoms with Crippen LogP contribution in [0.5, 0.6) is 5.75 Å². The molecule has 4 aromatic rings. The predicted molar refractivity (Wildman–Crippen MR) is 143 cm³/mol. The van der Waals surface area contributed by atoms with Crippen molar-refractivity contribution in [1.82, 2.24) is 4.98 Å². The Morgan fingerprint density at radius 3 is 2.73 bits per heavy atom. The summed E-state index contributed by atoms with van der Waals surface area (Å²) in [5.41, 5.74) is 0.703. The van der Waals surface area contributed by atoms with Crippen LogP contribution in [0.25, 0.3) is 16.0 Å². The lowest BCUT2D eigenvalue weighted by Gasteiger charge is -2.23. The summed E-state index contributed by atoms with van der Waals surface area (Å²) in [5.74, 6) is -2.36. The molecule has 1 aliphatic heterocycles. The summed E-state index contributed by atoms with van der Waals surface area (Å²) in [6.45, 7) is 2.55. The van der Waals surface area contributed by atoms with Crippen LogP contribution < -0.4 is 9.64 Å². The van der Waals surface area contributed by atoms with Crippen LogP contribution in [0.1, 0.15) is 36.9 Å². The van der Waals surface area contributed by atoms with Gasteiger partial charge in [-0.05, 0) is 42.8 Å². The number of anilines is 1. The second-order valence-corrected chi connectivity index (χ2v) is 9.97. The van der Waals surface area contributed by atoms with E-state index in [1.54, 1.807) is 48.5 Å². The molecule has 0 saturated carbocycles. The zero-order chi connectivity index (χ0) is 26.1. The molecule has 1 aromatic heterocycles. The van der Waals surface area contributed by atoms with Crippen molar-refractivity contribution in [3.8, 4) is 5.75 Å². The van der Waals surface area contributed by atoms with Gasteiger partial charge in [0.25, 0.3) is 5.78 Å². The topological polar surface area (TPSA) is 79.7 Å². The van der Waals surface area contributed by atoms with Gasteiger partial charge < -0.3 is 9.84 Å². The number of aliphatic hydroxyl groups excluding tert-OH is 1. The Bertz CT molecular complexity index is 1550. The van der Waals surface area contributed by atoms with Gasteiger partial charge >= 0.3 is 5.91 Å². The predicted octanol–water partition coefficient (Wildman–Crippen LogP) is 6.89. The minimum atomic E-state index is -1.22. The number of halogens is 2. The van der Waals surface area contributed by atoms with Crippen LogP contribution in [-0.4, -0.2) is 28.4 Å². The molecule has 5 rings (SSSR count). The first-order valence-electron chi connectivity index (χ1n) is 11.7. The van der Waals surface area contributed by atoms with Crippen LogP contribution >= 0.6 is 22.9 Å². The number of nitrogens with zero attached hydrogens (tertiary/aromatic N) is 2. The number of carbonyl (C=O) groups is 2. The van der Waals surface area contributed by atoms with E-state index >= 15 is 4.39 Å². The fourth-order valence-corrected chi connectivity index (χ4v) is 5.50. The summed E-state index contributed by atoms with van der Waals surface area (Å²) in [7, 11) is 0. The molecule has 1 aliphatic rings. The molecule has 37 heavy (non-hydrogen) atoms. The van der Waals surface area contributed by atoms with E-state index in [4.69, 9.17) is 16.3 Å².